The molecule has 1 fully saturated rings. The van der Waals surface area contributed by atoms with E-state index >= 15 is 0 Å². The van der Waals surface area contributed by atoms with Crippen LogP contribution >= 0.6 is 0 Å². The monoisotopic (exact) mass is 344 g/mol. The highest BCUT2D eigenvalue weighted by Gasteiger charge is 2.25. The topological polar surface area (TPSA) is 67.4 Å². The third kappa shape index (κ3) is 5.14. The number of benzene rings is 1. The SMILES string of the molecule is O=C(NCCc1ccccc1)N1CCC[C@@H](Oc2ncc(F)cn2)C1. The maximum absolute atomic E-state index is 12.8. The lowest BCUT2D eigenvalue weighted by Gasteiger charge is -2.32. The van der Waals surface area contributed by atoms with Crippen molar-refractivity contribution in [1.82, 2.24) is 20.2 Å². The van der Waals surface area contributed by atoms with Crippen LogP contribution < -0.4 is 10.1 Å². The summed E-state index contributed by atoms with van der Waals surface area (Å²) in [5.41, 5.74) is 1.19. The van der Waals surface area contributed by atoms with Gasteiger partial charge in [0.05, 0.1) is 18.9 Å². The summed E-state index contributed by atoms with van der Waals surface area (Å²) in [6.07, 6.45) is 4.41. The minimum absolute atomic E-state index is 0.0933. The second-order valence-corrected chi connectivity index (χ2v) is 5.98. The molecule has 0 aliphatic carbocycles. The summed E-state index contributed by atoms with van der Waals surface area (Å²) >= 11 is 0. The summed E-state index contributed by atoms with van der Waals surface area (Å²) in [5, 5.41) is 2.94. The van der Waals surface area contributed by atoms with Crippen LogP contribution in [0.2, 0.25) is 0 Å². The van der Waals surface area contributed by atoms with Crippen LogP contribution in [0.4, 0.5) is 9.18 Å². The number of ether oxygens (including phenoxy) is 1. The van der Waals surface area contributed by atoms with E-state index in [4.69, 9.17) is 4.74 Å². The number of likely N-dealkylation sites (tertiary alicyclic amines) is 1. The third-order valence-corrected chi connectivity index (χ3v) is 4.07. The van der Waals surface area contributed by atoms with Gasteiger partial charge >= 0.3 is 12.0 Å². The van der Waals surface area contributed by atoms with Gasteiger partial charge in [0.2, 0.25) is 0 Å². The average Bonchev–Trinajstić information content (AvgIpc) is 2.65. The highest BCUT2D eigenvalue weighted by atomic mass is 19.1. The van der Waals surface area contributed by atoms with E-state index in [1.54, 1.807) is 4.90 Å². The zero-order chi connectivity index (χ0) is 17.5. The molecule has 3 rings (SSSR count). The average molecular weight is 344 g/mol. The summed E-state index contributed by atoms with van der Waals surface area (Å²) in [7, 11) is 0. The van der Waals surface area contributed by atoms with Crippen LogP contribution in [0.1, 0.15) is 18.4 Å². The van der Waals surface area contributed by atoms with E-state index in [0.29, 0.717) is 19.6 Å². The first kappa shape index (κ1) is 17.1. The Morgan fingerprint density at radius 2 is 2.04 bits per heavy atom. The molecule has 25 heavy (non-hydrogen) atoms. The van der Waals surface area contributed by atoms with Gasteiger partial charge in [0.25, 0.3) is 0 Å². The van der Waals surface area contributed by atoms with E-state index in [-0.39, 0.29) is 18.1 Å². The number of rotatable bonds is 5. The van der Waals surface area contributed by atoms with Crippen LogP contribution in [0, 0.1) is 5.82 Å². The number of nitrogens with zero attached hydrogens (tertiary/aromatic N) is 3. The Morgan fingerprint density at radius 3 is 2.80 bits per heavy atom. The molecule has 2 heterocycles. The van der Waals surface area contributed by atoms with Gasteiger partial charge in [-0.25, -0.2) is 19.2 Å². The lowest BCUT2D eigenvalue weighted by atomic mass is 10.1. The highest BCUT2D eigenvalue weighted by Crippen LogP contribution is 2.15. The number of carbonyl (C=O) groups excluding carboxylic acids is 1. The van der Waals surface area contributed by atoms with Crippen LogP contribution in [0.5, 0.6) is 6.01 Å². The molecule has 1 saturated heterocycles. The van der Waals surface area contributed by atoms with Gasteiger partial charge in [0, 0.05) is 13.1 Å². The summed E-state index contributed by atoms with van der Waals surface area (Å²) < 4.78 is 18.5. The Kier molecular flexibility index (Phi) is 5.77. The van der Waals surface area contributed by atoms with Crippen LogP contribution in [0.25, 0.3) is 0 Å². The Morgan fingerprint density at radius 1 is 1.28 bits per heavy atom. The molecular weight excluding hydrogens is 323 g/mol. The van der Waals surface area contributed by atoms with E-state index in [2.05, 4.69) is 15.3 Å². The number of nitrogens with one attached hydrogen (secondary N) is 1. The van der Waals surface area contributed by atoms with Gasteiger partial charge in [-0.05, 0) is 24.8 Å². The molecule has 0 spiro atoms. The van der Waals surface area contributed by atoms with E-state index < -0.39 is 5.82 Å². The number of urea groups is 1. The fourth-order valence-electron chi connectivity index (χ4n) is 2.80. The van der Waals surface area contributed by atoms with Crippen LogP contribution in [-0.2, 0) is 6.42 Å². The predicted octanol–water partition coefficient (Wildman–Crippen LogP) is 2.41. The van der Waals surface area contributed by atoms with Gasteiger partial charge in [0.1, 0.15) is 6.10 Å². The van der Waals surface area contributed by atoms with Crippen molar-refractivity contribution in [1.29, 1.82) is 0 Å². The molecule has 1 aliphatic heterocycles. The molecular formula is C18H21FN4O2. The molecule has 2 amide bonds. The highest BCUT2D eigenvalue weighted by molar-refractivity contribution is 5.74. The van der Waals surface area contributed by atoms with Crippen molar-refractivity contribution in [3.05, 3.63) is 54.1 Å². The summed E-state index contributed by atoms with van der Waals surface area (Å²) in [6.45, 7) is 1.76. The van der Waals surface area contributed by atoms with Gasteiger partial charge in [-0.2, -0.15) is 0 Å². The minimum atomic E-state index is -0.504. The first-order chi connectivity index (χ1) is 12.2. The minimum Gasteiger partial charge on any atom is -0.458 e. The Hall–Kier alpha value is -2.70. The van der Waals surface area contributed by atoms with Gasteiger partial charge in [-0.15, -0.1) is 0 Å². The molecule has 0 bridgehead atoms. The second-order valence-electron chi connectivity index (χ2n) is 5.98. The molecule has 1 aliphatic rings. The largest absolute Gasteiger partial charge is 0.458 e. The smallest absolute Gasteiger partial charge is 0.317 e. The maximum Gasteiger partial charge on any atom is 0.317 e. The predicted molar refractivity (Wildman–Crippen MR) is 90.8 cm³/mol. The van der Waals surface area contributed by atoms with E-state index in [1.165, 1.54) is 5.56 Å². The summed E-state index contributed by atoms with van der Waals surface area (Å²) in [5.74, 6) is -0.504. The normalized spacial score (nSPS) is 17.2. The number of hydrogen-bond acceptors (Lipinski definition) is 4. The Labute approximate surface area is 146 Å². The van der Waals surface area contributed by atoms with Crippen molar-refractivity contribution in [2.75, 3.05) is 19.6 Å². The van der Waals surface area contributed by atoms with Crippen molar-refractivity contribution in [2.45, 2.75) is 25.4 Å². The molecule has 1 N–H and O–H groups in total. The fraction of sp³-hybridized carbons (Fsp3) is 0.389. The molecule has 1 aromatic heterocycles. The Balaban J connectivity index is 1.45. The number of hydrogen-bond donors (Lipinski definition) is 1. The molecule has 1 aromatic carbocycles. The van der Waals surface area contributed by atoms with Crippen molar-refractivity contribution < 1.29 is 13.9 Å². The van der Waals surface area contributed by atoms with Crippen LogP contribution in [0.3, 0.4) is 0 Å². The lowest BCUT2D eigenvalue weighted by Crippen LogP contribution is -2.49. The first-order valence-electron chi connectivity index (χ1n) is 8.41. The zero-order valence-electron chi connectivity index (χ0n) is 13.9. The van der Waals surface area contributed by atoms with Crippen LogP contribution in [0.15, 0.2) is 42.7 Å². The Bertz CT molecular complexity index is 681. The fourth-order valence-corrected chi connectivity index (χ4v) is 2.80. The molecule has 0 saturated carbocycles. The molecule has 1 atom stereocenters. The number of piperidine rings is 1. The number of aromatic nitrogens is 2. The van der Waals surface area contributed by atoms with Gasteiger partial charge in [-0.3, -0.25) is 0 Å². The third-order valence-electron chi connectivity index (χ3n) is 4.07. The molecule has 0 unspecified atom stereocenters. The number of carbonyl (C=O) groups is 1. The molecule has 6 nitrogen and oxygen atoms in total. The molecule has 2 aromatic rings. The molecule has 7 heteroatoms. The zero-order valence-corrected chi connectivity index (χ0v) is 13.9. The van der Waals surface area contributed by atoms with Crippen molar-refractivity contribution in [2.24, 2.45) is 0 Å². The van der Waals surface area contributed by atoms with Crippen LogP contribution in [-0.4, -0.2) is 46.6 Å². The van der Waals surface area contributed by atoms with Gasteiger partial charge in [-0.1, -0.05) is 30.3 Å². The van der Waals surface area contributed by atoms with E-state index in [0.717, 1.165) is 31.7 Å². The van der Waals surface area contributed by atoms with Gasteiger partial charge in [0.15, 0.2) is 5.82 Å². The molecule has 132 valence electrons. The lowest BCUT2D eigenvalue weighted by molar-refractivity contribution is 0.0938. The van der Waals surface area contributed by atoms with E-state index in [9.17, 15) is 9.18 Å². The molecule has 0 radical (unpaired) electrons. The maximum atomic E-state index is 12.8. The van der Waals surface area contributed by atoms with Crippen molar-refractivity contribution in [3.8, 4) is 6.01 Å². The van der Waals surface area contributed by atoms with Crippen molar-refractivity contribution in [3.63, 3.8) is 0 Å². The quantitative estimate of drug-likeness (QED) is 0.904. The number of amides is 2. The standard InChI is InChI=1S/C18H21FN4O2/c19-15-11-21-17(22-12-15)25-16-7-4-10-23(13-16)18(24)20-9-8-14-5-2-1-3-6-14/h1-3,5-6,11-12,16H,4,7-10,13H2,(H,20,24)/t16-/m1/s1. The van der Waals surface area contributed by atoms with Crippen molar-refractivity contribution >= 4 is 6.03 Å². The first-order valence-corrected chi connectivity index (χ1v) is 8.41. The number of halogens is 1. The summed E-state index contributed by atoms with van der Waals surface area (Å²) in [6, 6.07) is 10.1. The summed E-state index contributed by atoms with van der Waals surface area (Å²) in [4.78, 5) is 21.6. The van der Waals surface area contributed by atoms with E-state index in [1.807, 2.05) is 30.3 Å². The van der Waals surface area contributed by atoms with Gasteiger partial charge < -0.3 is 15.0 Å². The second kappa shape index (κ2) is 8.41.